The van der Waals surface area contributed by atoms with E-state index in [4.69, 9.17) is 0 Å². The van der Waals surface area contributed by atoms with Gasteiger partial charge in [0.15, 0.2) is 9.84 Å². The Balaban J connectivity index is 1.21. The van der Waals surface area contributed by atoms with E-state index in [1.807, 2.05) is 12.1 Å². The van der Waals surface area contributed by atoms with Crippen LogP contribution in [0.3, 0.4) is 0 Å². The molecule has 0 atom stereocenters. The molecule has 0 aliphatic heterocycles. The second-order valence-corrected chi connectivity index (χ2v) is 15.1. The van der Waals surface area contributed by atoms with Crippen LogP contribution in [-0.4, -0.2) is 8.42 Å². The van der Waals surface area contributed by atoms with Gasteiger partial charge in [0.2, 0.25) is 0 Å². The first-order chi connectivity index (χ1) is 21.5. The van der Waals surface area contributed by atoms with Crippen molar-refractivity contribution in [3.05, 3.63) is 140 Å². The Labute approximate surface area is 266 Å². The van der Waals surface area contributed by atoms with Crippen molar-refractivity contribution < 1.29 is 17.2 Å². The molecule has 0 unspecified atom stereocenters. The summed E-state index contributed by atoms with van der Waals surface area (Å²) in [6, 6.07) is 22.7. The number of halogens is 2. The van der Waals surface area contributed by atoms with Crippen LogP contribution in [0.15, 0.2) is 72.8 Å². The summed E-state index contributed by atoms with van der Waals surface area (Å²) in [6.45, 7) is 8.32. The van der Waals surface area contributed by atoms with E-state index in [0.29, 0.717) is 0 Å². The Morgan fingerprint density at radius 3 is 1.16 bits per heavy atom. The maximum absolute atomic E-state index is 15.4. The summed E-state index contributed by atoms with van der Waals surface area (Å²) < 4.78 is 57.2. The molecule has 2 nitrogen and oxygen atoms in total. The van der Waals surface area contributed by atoms with E-state index >= 15 is 8.78 Å². The molecule has 45 heavy (non-hydrogen) atoms. The topological polar surface area (TPSA) is 34.1 Å². The van der Waals surface area contributed by atoms with E-state index < -0.39 is 33.0 Å². The molecule has 6 rings (SSSR count). The van der Waals surface area contributed by atoms with Crippen LogP contribution >= 0.6 is 0 Å². The Hall–Kier alpha value is -3.83. The first-order valence-corrected chi connectivity index (χ1v) is 17.7. The van der Waals surface area contributed by atoms with Gasteiger partial charge in [0.05, 0.1) is 11.5 Å². The SMILES string of the molecule is Cc1cc(C)cc(C2=C(c3ccc(CS(=O)(=O)Cc4ccc(C5=C(c6cc(C)cc(C)c6)CCC5)cc4F)c(F)c3)CCC2)c1. The van der Waals surface area contributed by atoms with E-state index in [9.17, 15) is 8.42 Å². The predicted molar refractivity (Wildman–Crippen MR) is 182 cm³/mol. The van der Waals surface area contributed by atoms with Crippen molar-refractivity contribution in [2.75, 3.05) is 0 Å². The molecule has 0 N–H and O–H groups in total. The monoisotopic (exact) mass is 622 g/mol. The zero-order valence-corrected chi connectivity index (χ0v) is 27.4. The lowest BCUT2D eigenvalue weighted by atomic mass is 9.94. The lowest BCUT2D eigenvalue weighted by Crippen LogP contribution is -2.10. The van der Waals surface area contributed by atoms with Gasteiger partial charge in [0.1, 0.15) is 11.6 Å². The molecule has 0 radical (unpaired) electrons. The Morgan fingerprint density at radius 2 is 0.822 bits per heavy atom. The zero-order chi connectivity index (χ0) is 31.9. The summed E-state index contributed by atoms with van der Waals surface area (Å²) in [7, 11) is -3.83. The van der Waals surface area contributed by atoms with Gasteiger partial charge in [-0.05, 0) is 123 Å². The molecule has 0 saturated heterocycles. The van der Waals surface area contributed by atoms with Crippen LogP contribution in [0.5, 0.6) is 0 Å². The van der Waals surface area contributed by atoms with E-state index in [-0.39, 0.29) is 11.1 Å². The normalized spacial score (nSPS) is 15.4. The van der Waals surface area contributed by atoms with Crippen molar-refractivity contribution in [3.63, 3.8) is 0 Å². The van der Waals surface area contributed by atoms with E-state index in [1.165, 1.54) is 56.7 Å². The van der Waals surface area contributed by atoms with Gasteiger partial charge in [0, 0.05) is 11.1 Å². The number of hydrogen-bond acceptors (Lipinski definition) is 2. The van der Waals surface area contributed by atoms with Crippen LogP contribution in [0.4, 0.5) is 8.78 Å². The largest absolute Gasteiger partial charge is 0.228 e. The van der Waals surface area contributed by atoms with Crippen molar-refractivity contribution in [1.82, 2.24) is 0 Å². The van der Waals surface area contributed by atoms with Gasteiger partial charge in [-0.3, -0.25) is 0 Å². The third-order valence-corrected chi connectivity index (χ3v) is 10.6. The number of allylic oxidation sites excluding steroid dienone is 4. The first kappa shape index (κ1) is 31.2. The average molecular weight is 623 g/mol. The van der Waals surface area contributed by atoms with E-state index in [2.05, 4.69) is 64.1 Å². The van der Waals surface area contributed by atoms with Crippen molar-refractivity contribution in [2.24, 2.45) is 0 Å². The summed E-state index contributed by atoms with van der Waals surface area (Å²) in [6.07, 6.45) is 5.60. The van der Waals surface area contributed by atoms with E-state index in [1.54, 1.807) is 12.1 Å². The van der Waals surface area contributed by atoms with Crippen LogP contribution in [0.25, 0.3) is 22.3 Å². The summed E-state index contributed by atoms with van der Waals surface area (Å²) in [4.78, 5) is 0. The highest BCUT2D eigenvalue weighted by atomic mass is 32.2. The smallest absolute Gasteiger partial charge is 0.158 e. The minimum absolute atomic E-state index is 0.108. The van der Waals surface area contributed by atoms with Crippen LogP contribution in [0.2, 0.25) is 0 Å². The van der Waals surface area contributed by atoms with Gasteiger partial charge in [0.25, 0.3) is 0 Å². The van der Waals surface area contributed by atoms with Gasteiger partial charge >= 0.3 is 0 Å². The highest BCUT2D eigenvalue weighted by Gasteiger charge is 2.23. The molecule has 0 fully saturated rings. The third-order valence-electron chi connectivity index (χ3n) is 9.13. The second kappa shape index (κ2) is 12.5. The number of benzene rings is 4. The first-order valence-electron chi connectivity index (χ1n) is 15.9. The molecule has 0 aromatic heterocycles. The lowest BCUT2D eigenvalue weighted by Gasteiger charge is -2.13. The summed E-state index contributed by atoms with van der Waals surface area (Å²) in [5.41, 5.74) is 13.6. The molecule has 0 saturated carbocycles. The molecule has 232 valence electrons. The van der Waals surface area contributed by atoms with Gasteiger partial charge < -0.3 is 0 Å². The molecule has 4 aromatic carbocycles. The van der Waals surface area contributed by atoms with Crippen LogP contribution in [0.1, 0.15) is 94.2 Å². The van der Waals surface area contributed by atoms with E-state index in [0.717, 1.165) is 60.8 Å². The Morgan fingerprint density at radius 1 is 0.489 bits per heavy atom. The van der Waals surface area contributed by atoms with Crippen molar-refractivity contribution in [2.45, 2.75) is 77.7 Å². The van der Waals surface area contributed by atoms with Crippen LogP contribution in [0, 0.1) is 39.3 Å². The second-order valence-electron chi connectivity index (χ2n) is 13.0. The number of aryl methyl sites for hydroxylation is 4. The molecular weight excluding hydrogens is 583 g/mol. The molecule has 4 aromatic rings. The molecular formula is C40H40F2O2S. The standard InChI is InChI=1S/C40H40F2O2S/c1-25-15-26(2)18-33(17-25)37-9-5-7-35(37)29-11-13-31(39(41)21-29)23-45(43,44)24-32-14-12-30(22-40(32)42)36-8-6-10-38(36)34-19-27(3)16-28(4)20-34/h11-22H,5-10,23-24H2,1-4H3. The molecule has 5 heteroatoms. The number of rotatable bonds is 8. The lowest BCUT2D eigenvalue weighted by molar-refractivity contribution is 0.580. The number of sulfone groups is 1. The number of hydrogen-bond donors (Lipinski definition) is 0. The van der Waals surface area contributed by atoms with Gasteiger partial charge in [-0.1, -0.05) is 82.9 Å². The maximum atomic E-state index is 15.4. The quantitative estimate of drug-likeness (QED) is 0.196. The minimum Gasteiger partial charge on any atom is -0.228 e. The maximum Gasteiger partial charge on any atom is 0.158 e. The Kier molecular flexibility index (Phi) is 8.67. The highest BCUT2D eigenvalue weighted by molar-refractivity contribution is 7.89. The van der Waals surface area contributed by atoms with Crippen LogP contribution in [-0.2, 0) is 21.3 Å². The third kappa shape index (κ3) is 6.89. The van der Waals surface area contributed by atoms with Crippen molar-refractivity contribution in [1.29, 1.82) is 0 Å². The summed E-state index contributed by atoms with van der Waals surface area (Å²) in [5, 5.41) is 0. The fourth-order valence-electron chi connectivity index (χ4n) is 7.29. The molecule has 0 amide bonds. The fourth-order valence-corrected chi connectivity index (χ4v) is 8.81. The Bertz CT molecular complexity index is 1800. The summed E-state index contributed by atoms with van der Waals surface area (Å²) in [5.74, 6) is -2.05. The molecule has 2 aliphatic carbocycles. The minimum atomic E-state index is -3.83. The molecule has 0 bridgehead atoms. The summed E-state index contributed by atoms with van der Waals surface area (Å²) >= 11 is 0. The van der Waals surface area contributed by atoms with Gasteiger partial charge in [-0.15, -0.1) is 0 Å². The van der Waals surface area contributed by atoms with Crippen molar-refractivity contribution >= 4 is 32.1 Å². The molecule has 0 heterocycles. The average Bonchev–Trinajstić information content (AvgIpc) is 3.65. The highest BCUT2D eigenvalue weighted by Crippen LogP contribution is 2.42. The molecule has 2 aliphatic rings. The van der Waals surface area contributed by atoms with Crippen LogP contribution < -0.4 is 0 Å². The zero-order valence-electron chi connectivity index (χ0n) is 26.6. The van der Waals surface area contributed by atoms with Crippen molar-refractivity contribution in [3.8, 4) is 0 Å². The predicted octanol–water partition coefficient (Wildman–Crippen LogP) is 10.5. The van der Waals surface area contributed by atoms with Gasteiger partial charge in [-0.25, -0.2) is 17.2 Å². The fraction of sp³-hybridized carbons (Fsp3) is 0.300. The van der Waals surface area contributed by atoms with Gasteiger partial charge in [-0.2, -0.15) is 0 Å². The molecule has 0 spiro atoms.